The smallest absolute Gasteiger partial charge is 0.229 e. The highest BCUT2D eigenvalue weighted by molar-refractivity contribution is 7.80. The zero-order chi connectivity index (χ0) is 14.7. The van der Waals surface area contributed by atoms with Gasteiger partial charge in [0.2, 0.25) is 5.91 Å². The van der Waals surface area contributed by atoms with Gasteiger partial charge < -0.3 is 20.1 Å². The van der Waals surface area contributed by atoms with Crippen LogP contribution in [0.2, 0.25) is 0 Å². The molecule has 1 aliphatic rings. The third-order valence-electron chi connectivity index (χ3n) is 3.40. The summed E-state index contributed by atoms with van der Waals surface area (Å²) < 4.78 is 10.6. The first kappa shape index (κ1) is 14.6. The van der Waals surface area contributed by atoms with E-state index in [1.54, 1.807) is 19.1 Å². The quantitative estimate of drug-likeness (QED) is 0.847. The largest absolute Gasteiger partial charge is 0.493 e. The number of ether oxygens (including phenoxy) is 2. The topological polar surface area (TPSA) is 64.8 Å². The first-order valence-corrected chi connectivity index (χ1v) is 6.75. The highest BCUT2D eigenvalue weighted by Gasteiger charge is 2.22. The first-order chi connectivity index (χ1) is 9.55. The van der Waals surface area contributed by atoms with E-state index in [-0.39, 0.29) is 17.3 Å². The molecule has 0 saturated carbocycles. The maximum atomic E-state index is 12.0. The average molecular weight is 294 g/mol. The molecule has 1 aromatic rings. The van der Waals surface area contributed by atoms with Gasteiger partial charge in [0.15, 0.2) is 11.5 Å². The molecular weight excluding hydrogens is 276 g/mol. The molecule has 0 saturated heterocycles. The second kappa shape index (κ2) is 6.09. The Balaban J connectivity index is 2.21. The van der Waals surface area contributed by atoms with Crippen LogP contribution in [0.3, 0.4) is 0 Å². The van der Waals surface area contributed by atoms with Crippen molar-refractivity contribution >= 4 is 23.1 Å². The molecule has 0 bridgehead atoms. The minimum Gasteiger partial charge on any atom is -0.493 e. The standard InChI is InChI=1S/C14H18N2O3S/c1-18-11-5-9-3-4-16(14(17)7-13(15)20)8-10(9)6-12(11)19-2/h5-6H,3-4,7-8H2,1-2H3,(H2,15,20). The van der Waals surface area contributed by atoms with Crippen LogP contribution in [0, 0.1) is 0 Å². The van der Waals surface area contributed by atoms with Crippen molar-refractivity contribution in [1.82, 2.24) is 4.90 Å². The summed E-state index contributed by atoms with van der Waals surface area (Å²) >= 11 is 4.79. The van der Waals surface area contributed by atoms with E-state index in [0.717, 1.165) is 12.0 Å². The number of hydrogen-bond acceptors (Lipinski definition) is 4. The summed E-state index contributed by atoms with van der Waals surface area (Å²) in [6.07, 6.45) is 0.913. The number of amides is 1. The van der Waals surface area contributed by atoms with Gasteiger partial charge in [0, 0.05) is 13.1 Å². The first-order valence-electron chi connectivity index (χ1n) is 6.35. The highest BCUT2D eigenvalue weighted by atomic mass is 32.1. The van der Waals surface area contributed by atoms with Crippen molar-refractivity contribution in [2.24, 2.45) is 5.73 Å². The fraction of sp³-hybridized carbons (Fsp3) is 0.429. The Morgan fingerprint density at radius 2 is 1.90 bits per heavy atom. The minimum absolute atomic E-state index is 0.0297. The number of nitrogens with zero attached hydrogens (tertiary/aromatic N) is 1. The lowest BCUT2D eigenvalue weighted by Crippen LogP contribution is -2.37. The van der Waals surface area contributed by atoms with E-state index in [0.29, 0.717) is 24.6 Å². The van der Waals surface area contributed by atoms with Crippen LogP contribution in [0.15, 0.2) is 12.1 Å². The Bertz CT molecular complexity index is 545. The molecule has 0 aliphatic carbocycles. The molecule has 1 aliphatic heterocycles. The maximum Gasteiger partial charge on any atom is 0.229 e. The molecule has 0 aromatic heterocycles. The Morgan fingerprint density at radius 1 is 1.30 bits per heavy atom. The third kappa shape index (κ3) is 3.01. The van der Waals surface area contributed by atoms with E-state index in [1.165, 1.54) is 5.56 Å². The van der Waals surface area contributed by atoms with Gasteiger partial charge in [0.25, 0.3) is 0 Å². The van der Waals surface area contributed by atoms with Crippen LogP contribution in [-0.4, -0.2) is 36.6 Å². The van der Waals surface area contributed by atoms with Gasteiger partial charge in [-0.2, -0.15) is 0 Å². The van der Waals surface area contributed by atoms with Crippen molar-refractivity contribution in [3.63, 3.8) is 0 Å². The molecule has 5 nitrogen and oxygen atoms in total. The zero-order valence-corrected chi connectivity index (χ0v) is 12.5. The van der Waals surface area contributed by atoms with Crippen LogP contribution in [0.5, 0.6) is 11.5 Å². The number of carbonyl (C=O) groups excluding carboxylic acids is 1. The van der Waals surface area contributed by atoms with Crippen molar-refractivity contribution in [2.75, 3.05) is 20.8 Å². The lowest BCUT2D eigenvalue weighted by Gasteiger charge is -2.29. The molecule has 0 spiro atoms. The summed E-state index contributed by atoms with van der Waals surface area (Å²) in [5, 5.41) is 0. The number of methoxy groups -OCH3 is 2. The molecule has 6 heteroatoms. The average Bonchev–Trinajstić information content (AvgIpc) is 2.44. The van der Waals surface area contributed by atoms with Crippen LogP contribution in [0.1, 0.15) is 17.5 Å². The summed E-state index contributed by atoms with van der Waals surface area (Å²) in [5.74, 6) is 1.36. The number of fused-ring (bicyclic) bond motifs is 1. The zero-order valence-electron chi connectivity index (χ0n) is 11.6. The third-order valence-corrected chi connectivity index (χ3v) is 3.54. The van der Waals surface area contributed by atoms with Gasteiger partial charge in [-0.3, -0.25) is 4.79 Å². The van der Waals surface area contributed by atoms with Crippen molar-refractivity contribution in [2.45, 2.75) is 19.4 Å². The summed E-state index contributed by atoms with van der Waals surface area (Å²) in [4.78, 5) is 14.0. The molecule has 2 N–H and O–H groups in total. The van der Waals surface area contributed by atoms with Crippen molar-refractivity contribution in [1.29, 1.82) is 0 Å². The molecule has 0 unspecified atom stereocenters. The molecule has 20 heavy (non-hydrogen) atoms. The number of rotatable bonds is 4. The van der Waals surface area contributed by atoms with Gasteiger partial charge in [-0.1, -0.05) is 12.2 Å². The molecule has 1 aromatic carbocycles. The maximum absolute atomic E-state index is 12.0. The lowest BCUT2D eigenvalue weighted by molar-refractivity contribution is -0.130. The van der Waals surface area contributed by atoms with Gasteiger partial charge in [-0.25, -0.2) is 0 Å². The van der Waals surface area contributed by atoms with Crippen LogP contribution < -0.4 is 15.2 Å². The number of carbonyl (C=O) groups is 1. The highest BCUT2D eigenvalue weighted by Crippen LogP contribution is 2.33. The number of thiocarbonyl (C=S) groups is 1. The predicted molar refractivity (Wildman–Crippen MR) is 80.1 cm³/mol. The molecule has 1 heterocycles. The monoisotopic (exact) mass is 294 g/mol. The molecule has 0 radical (unpaired) electrons. The Morgan fingerprint density at radius 3 is 2.45 bits per heavy atom. The summed E-state index contributed by atoms with van der Waals surface area (Å²) in [6.45, 7) is 1.22. The van der Waals surface area contributed by atoms with E-state index in [1.807, 2.05) is 12.1 Å². The van der Waals surface area contributed by atoms with Crippen molar-refractivity contribution in [3.8, 4) is 11.5 Å². The molecule has 0 atom stereocenters. The van der Waals surface area contributed by atoms with E-state index < -0.39 is 0 Å². The summed E-state index contributed by atoms with van der Waals surface area (Å²) in [5.41, 5.74) is 7.68. The Hall–Kier alpha value is -1.82. The molecular formula is C14H18N2O3S. The van der Waals surface area contributed by atoms with Crippen LogP contribution >= 0.6 is 12.2 Å². The molecule has 2 rings (SSSR count). The van der Waals surface area contributed by atoms with Crippen LogP contribution in [0.25, 0.3) is 0 Å². The van der Waals surface area contributed by atoms with E-state index in [9.17, 15) is 4.79 Å². The molecule has 108 valence electrons. The second-order valence-electron chi connectivity index (χ2n) is 4.68. The summed E-state index contributed by atoms with van der Waals surface area (Å²) in [7, 11) is 3.22. The fourth-order valence-electron chi connectivity index (χ4n) is 2.36. The van der Waals surface area contributed by atoms with Gasteiger partial charge >= 0.3 is 0 Å². The van der Waals surface area contributed by atoms with Crippen molar-refractivity contribution < 1.29 is 14.3 Å². The van der Waals surface area contributed by atoms with E-state index in [4.69, 9.17) is 27.4 Å². The van der Waals surface area contributed by atoms with Crippen LogP contribution in [0.4, 0.5) is 0 Å². The van der Waals surface area contributed by atoms with Crippen LogP contribution in [-0.2, 0) is 17.8 Å². The SMILES string of the molecule is COc1cc2c(cc1OC)CN(C(=O)CC(N)=S)CC2. The van der Waals surface area contributed by atoms with Gasteiger partial charge in [0.1, 0.15) is 0 Å². The van der Waals surface area contributed by atoms with E-state index in [2.05, 4.69) is 0 Å². The molecule has 1 amide bonds. The number of nitrogens with two attached hydrogens (primary N) is 1. The summed E-state index contributed by atoms with van der Waals surface area (Å²) in [6, 6.07) is 3.90. The second-order valence-corrected chi connectivity index (χ2v) is 5.21. The fourth-order valence-corrected chi connectivity index (χ4v) is 2.48. The Labute approximate surface area is 123 Å². The van der Waals surface area contributed by atoms with Crippen molar-refractivity contribution in [3.05, 3.63) is 23.3 Å². The lowest BCUT2D eigenvalue weighted by atomic mass is 9.98. The normalized spacial score (nSPS) is 13.6. The van der Waals surface area contributed by atoms with Gasteiger partial charge in [0.05, 0.1) is 25.6 Å². The molecule has 0 fully saturated rings. The minimum atomic E-state index is -0.0297. The predicted octanol–water partition coefficient (Wildman–Crippen LogP) is 1.26. The van der Waals surface area contributed by atoms with Gasteiger partial charge in [-0.05, 0) is 29.7 Å². The van der Waals surface area contributed by atoms with Gasteiger partial charge in [-0.15, -0.1) is 0 Å². The number of hydrogen-bond donors (Lipinski definition) is 1. The van der Waals surface area contributed by atoms with E-state index >= 15 is 0 Å². The Kier molecular flexibility index (Phi) is 4.44. The number of benzene rings is 1.